The lowest BCUT2D eigenvalue weighted by Crippen LogP contribution is -2.12. The van der Waals surface area contributed by atoms with Crippen molar-refractivity contribution in [3.8, 4) is 16.9 Å². The molecule has 0 aliphatic rings. The summed E-state index contributed by atoms with van der Waals surface area (Å²) in [6.07, 6.45) is 0.673. The molecule has 0 unspecified atom stereocenters. The Morgan fingerprint density at radius 3 is 1.79 bits per heavy atom. The van der Waals surface area contributed by atoms with Crippen molar-refractivity contribution in [1.82, 2.24) is 5.32 Å². The minimum atomic E-state index is -0.781. The van der Waals surface area contributed by atoms with E-state index < -0.39 is 5.97 Å². The highest BCUT2D eigenvalue weighted by atomic mass is 16.5. The summed E-state index contributed by atoms with van der Waals surface area (Å²) in [7, 11) is 0. The molecule has 0 spiro atoms. The smallest absolute Gasteiger partial charge is 0.303 e. The van der Waals surface area contributed by atoms with E-state index in [1.807, 2.05) is 30.3 Å². The predicted octanol–water partition coefficient (Wildman–Crippen LogP) is 6.24. The second-order valence-electron chi connectivity index (χ2n) is 8.31. The first-order chi connectivity index (χ1) is 16.7. The maximum absolute atomic E-state index is 10.7. The molecule has 0 bridgehead atoms. The standard InChI is InChI=1S/C30H29NO3/c32-30(33)19-14-23-12-17-29(18-13-23)34-22-26-8-6-24(7-9-26)20-31-21-25-10-15-28(16-11-25)27-4-2-1-3-5-27/h1-13,15-18,31H,14,19-22H2,(H,32,33). The summed E-state index contributed by atoms with van der Waals surface area (Å²) in [5, 5.41) is 12.3. The van der Waals surface area contributed by atoms with Gasteiger partial charge in [-0.05, 0) is 51.9 Å². The average Bonchev–Trinajstić information content (AvgIpc) is 2.88. The quantitative estimate of drug-likeness (QED) is 0.283. The van der Waals surface area contributed by atoms with Crippen molar-refractivity contribution in [1.29, 1.82) is 0 Å². The van der Waals surface area contributed by atoms with E-state index in [9.17, 15) is 4.79 Å². The van der Waals surface area contributed by atoms with Gasteiger partial charge in [0.05, 0.1) is 0 Å². The number of carboxylic acids is 1. The molecule has 0 amide bonds. The molecule has 0 radical (unpaired) electrons. The van der Waals surface area contributed by atoms with Crippen LogP contribution in [-0.4, -0.2) is 11.1 Å². The van der Waals surface area contributed by atoms with E-state index in [4.69, 9.17) is 9.84 Å². The van der Waals surface area contributed by atoms with Gasteiger partial charge in [-0.3, -0.25) is 4.79 Å². The molecule has 0 saturated carbocycles. The highest BCUT2D eigenvalue weighted by Gasteiger charge is 2.02. The molecule has 0 heterocycles. The second-order valence-corrected chi connectivity index (χ2v) is 8.31. The lowest BCUT2D eigenvalue weighted by atomic mass is 10.0. The number of carboxylic acid groups (broad SMARTS) is 1. The first kappa shape index (κ1) is 23.3. The van der Waals surface area contributed by atoms with Gasteiger partial charge in [-0.15, -0.1) is 0 Å². The number of nitrogens with one attached hydrogen (secondary N) is 1. The molecule has 0 fully saturated rings. The Morgan fingerprint density at radius 1 is 0.647 bits per heavy atom. The van der Waals surface area contributed by atoms with Crippen LogP contribution in [0.4, 0.5) is 0 Å². The summed E-state index contributed by atoms with van der Waals surface area (Å²) in [6, 6.07) is 35.2. The van der Waals surface area contributed by atoms with Gasteiger partial charge < -0.3 is 15.2 Å². The van der Waals surface area contributed by atoms with Gasteiger partial charge in [0, 0.05) is 19.5 Å². The van der Waals surface area contributed by atoms with E-state index in [-0.39, 0.29) is 6.42 Å². The molecule has 0 aliphatic heterocycles. The van der Waals surface area contributed by atoms with Crippen molar-refractivity contribution in [3.05, 3.63) is 125 Å². The van der Waals surface area contributed by atoms with Crippen molar-refractivity contribution in [2.24, 2.45) is 0 Å². The number of benzene rings is 4. The molecule has 2 N–H and O–H groups in total. The predicted molar refractivity (Wildman–Crippen MR) is 136 cm³/mol. The summed E-state index contributed by atoms with van der Waals surface area (Å²) >= 11 is 0. The van der Waals surface area contributed by atoms with Gasteiger partial charge in [0.2, 0.25) is 0 Å². The third-order valence-corrected chi connectivity index (χ3v) is 5.70. The lowest BCUT2D eigenvalue weighted by molar-refractivity contribution is -0.136. The van der Waals surface area contributed by atoms with Crippen LogP contribution in [0.3, 0.4) is 0 Å². The Bertz CT molecular complexity index is 1170. The van der Waals surface area contributed by atoms with E-state index in [0.29, 0.717) is 13.0 Å². The topological polar surface area (TPSA) is 58.6 Å². The van der Waals surface area contributed by atoms with Crippen molar-refractivity contribution < 1.29 is 14.6 Å². The fraction of sp³-hybridized carbons (Fsp3) is 0.167. The van der Waals surface area contributed by atoms with Crippen molar-refractivity contribution in [3.63, 3.8) is 0 Å². The molecule has 4 rings (SSSR count). The lowest BCUT2D eigenvalue weighted by Gasteiger charge is -2.09. The van der Waals surface area contributed by atoms with E-state index >= 15 is 0 Å². The largest absolute Gasteiger partial charge is 0.489 e. The molecule has 4 aromatic carbocycles. The van der Waals surface area contributed by atoms with Gasteiger partial charge >= 0.3 is 5.97 Å². The molecule has 0 atom stereocenters. The van der Waals surface area contributed by atoms with Gasteiger partial charge in [-0.1, -0.05) is 91.0 Å². The number of ether oxygens (including phenoxy) is 1. The summed E-state index contributed by atoms with van der Waals surface area (Å²) in [4.78, 5) is 10.7. The van der Waals surface area contributed by atoms with Crippen LogP contribution in [0.25, 0.3) is 11.1 Å². The highest BCUT2D eigenvalue weighted by molar-refractivity contribution is 5.67. The van der Waals surface area contributed by atoms with Crippen molar-refractivity contribution in [2.75, 3.05) is 0 Å². The number of aryl methyl sites for hydroxylation is 1. The normalized spacial score (nSPS) is 10.7. The van der Waals surface area contributed by atoms with E-state index in [2.05, 4.69) is 78.1 Å². The van der Waals surface area contributed by atoms with Gasteiger partial charge in [-0.25, -0.2) is 0 Å². The Hall–Kier alpha value is -3.89. The molecule has 4 heteroatoms. The Labute approximate surface area is 200 Å². The van der Waals surface area contributed by atoms with Crippen LogP contribution in [0.2, 0.25) is 0 Å². The maximum Gasteiger partial charge on any atom is 0.303 e. The number of rotatable bonds is 11. The Morgan fingerprint density at radius 2 is 1.18 bits per heavy atom. The third kappa shape index (κ3) is 7.06. The van der Waals surface area contributed by atoms with Gasteiger partial charge in [0.15, 0.2) is 0 Å². The summed E-state index contributed by atoms with van der Waals surface area (Å²) < 4.78 is 5.86. The first-order valence-electron chi connectivity index (χ1n) is 11.5. The Kier molecular flexibility index (Phi) is 8.09. The van der Waals surface area contributed by atoms with Crippen LogP contribution in [0.15, 0.2) is 103 Å². The molecule has 0 aliphatic carbocycles. The van der Waals surface area contributed by atoms with Gasteiger partial charge in [-0.2, -0.15) is 0 Å². The number of carbonyl (C=O) groups is 1. The molecule has 0 saturated heterocycles. The Balaban J connectivity index is 1.20. The molecular formula is C30H29NO3. The monoisotopic (exact) mass is 451 g/mol. The summed E-state index contributed by atoms with van der Waals surface area (Å²) in [6.45, 7) is 2.12. The number of hydrogen-bond donors (Lipinski definition) is 2. The van der Waals surface area contributed by atoms with Gasteiger partial charge in [0.25, 0.3) is 0 Å². The first-order valence-corrected chi connectivity index (χ1v) is 11.5. The van der Waals surface area contributed by atoms with Gasteiger partial charge in [0.1, 0.15) is 12.4 Å². The van der Waals surface area contributed by atoms with Crippen molar-refractivity contribution in [2.45, 2.75) is 32.5 Å². The number of hydrogen-bond acceptors (Lipinski definition) is 3. The summed E-state index contributed by atoms with van der Waals surface area (Å²) in [5.41, 5.74) is 7.06. The minimum Gasteiger partial charge on any atom is -0.489 e. The average molecular weight is 452 g/mol. The SMILES string of the molecule is O=C(O)CCc1ccc(OCc2ccc(CNCc3ccc(-c4ccccc4)cc3)cc2)cc1. The summed E-state index contributed by atoms with van der Waals surface area (Å²) in [5.74, 6) is -0.000401. The number of aliphatic carboxylic acids is 1. The molecule has 4 nitrogen and oxygen atoms in total. The fourth-order valence-corrected chi connectivity index (χ4v) is 3.72. The van der Waals surface area contributed by atoms with E-state index in [1.165, 1.54) is 22.3 Å². The van der Waals surface area contributed by atoms with E-state index in [1.54, 1.807) is 0 Å². The molecule has 0 aromatic heterocycles. The van der Waals surface area contributed by atoms with Crippen LogP contribution in [0.5, 0.6) is 5.75 Å². The van der Waals surface area contributed by atoms with Crippen LogP contribution >= 0.6 is 0 Å². The van der Waals surface area contributed by atoms with E-state index in [0.717, 1.165) is 30.0 Å². The fourth-order valence-electron chi connectivity index (χ4n) is 3.72. The zero-order valence-electron chi connectivity index (χ0n) is 19.1. The zero-order valence-corrected chi connectivity index (χ0v) is 19.1. The second kappa shape index (κ2) is 11.8. The van der Waals surface area contributed by atoms with Crippen molar-refractivity contribution >= 4 is 5.97 Å². The van der Waals surface area contributed by atoms with Crippen LogP contribution < -0.4 is 10.1 Å². The van der Waals surface area contributed by atoms with Crippen LogP contribution in [0, 0.1) is 0 Å². The minimum absolute atomic E-state index is 0.141. The van der Waals surface area contributed by atoms with Crippen LogP contribution in [-0.2, 0) is 30.9 Å². The van der Waals surface area contributed by atoms with Crippen LogP contribution in [0.1, 0.15) is 28.7 Å². The highest BCUT2D eigenvalue weighted by Crippen LogP contribution is 2.19. The molecule has 34 heavy (non-hydrogen) atoms. The molecular weight excluding hydrogens is 422 g/mol. The molecule has 172 valence electrons. The molecule has 4 aromatic rings. The third-order valence-electron chi connectivity index (χ3n) is 5.70. The zero-order chi connectivity index (χ0) is 23.6. The maximum atomic E-state index is 10.7.